The van der Waals surface area contributed by atoms with Gasteiger partial charge in [0.15, 0.2) is 0 Å². The van der Waals surface area contributed by atoms with Gasteiger partial charge in [0.05, 0.1) is 15.9 Å². The number of nitrogens with one attached hydrogen (secondary N) is 1. The maximum atomic E-state index is 10.9. The molecule has 0 radical (unpaired) electrons. The quantitative estimate of drug-likeness (QED) is 0.651. The Morgan fingerprint density at radius 3 is 2.42 bits per heavy atom. The van der Waals surface area contributed by atoms with E-state index in [1.54, 1.807) is 0 Å². The second kappa shape index (κ2) is 4.58. The third kappa shape index (κ3) is 2.87. The number of nitro benzene ring substituents is 2. The first-order valence-corrected chi connectivity index (χ1v) is 5.96. The van der Waals surface area contributed by atoms with Crippen LogP contribution in [0, 0.1) is 25.6 Å². The lowest BCUT2D eigenvalue weighted by atomic mass is 10.1. The van der Waals surface area contributed by atoms with Crippen LogP contribution in [0.15, 0.2) is 18.2 Å². The van der Waals surface area contributed by atoms with Crippen molar-refractivity contribution in [1.29, 1.82) is 0 Å². The van der Waals surface area contributed by atoms with Crippen molar-refractivity contribution in [2.75, 3.05) is 0 Å². The number of hydrogen-bond acceptors (Lipinski definition) is 5. The van der Waals surface area contributed by atoms with Gasteiger partial charge in [0, 0.05) is 24.2 Å². The van der Waals surface area contributed by atoms with Crippen LogP contribution >= 0.6 is 0 Å². The van der Waals surface area contributed by atoms with Crippen molar-refractivity contribution in [3.05, 3.63) is 44.0 Å². The lowest BCUT2D eigenvalue weighted by Crippen LogP contribution is -2.20. The van der Waals surface area contributed by atoms with E-state index >= 15 is 0 Å². The highest BCUT2D eigenvalue weighted by atomic mass is 16.6. The standard InChI is InChI=1S/C12H15N3O4/c1-12(2)6-11(12)13-7-8-3-4-9(14(16)17)5-10(8)15(18)19/h3-5,11,13H,6-7H2,1-2H3. The fourth-order valence-corrected chi connectivity index (χ4v) is 2.03. The van der Waals surface area contributed by atoms with Gasteiger partial charge in [0.1, 0.15) is 0 Å². The van der Waals surface area contributed by atoms with Crippen LogP contribution < -0.4 is 5.32 Å². The Labute approximate surface area is 109 Å². The smallest absolute Gasteiger partial charge is 0.280 e. The van der Waals surface area contributed by atoms with Crippen molar-refractivity contribution in [2.24, 2.45) is 5.41 Å². The van der Waals surface area contributed by atoms with Crippen LogP contribution in [0.25, 0.3) is 0 Å². The molecule has 1 aromatic carbocycles. The molecule has 1 aliphatic carbocycles. The molecule has 0 amide bonds. The Bertz CT molecular complexity index is 542. The monoisotopic (exact) mass is 265 g/mol. The van der Waals surface area contributed by atoms with Crippen LogP contribution in [0.1, 0.15) is 25.8 Å². The topological polar surface area (TPSA) is 98.3 Å². The molecule has 0 bridgehead atoms. The molecule has 102 valence electrons. The van der Waals surface area contributed by atoms with Crippen LogP contribution in [-0.4, -0.2) is 15.9 Å². The predicted molar refractivity (Wildman–Crippen MR) is 68.8 cm³/mol. The first-order chi connectivity index (χ1) is 8.81. The molecule has 0 saturated heterocycles. The summed E-state index contributed by atoms with van der Waals surface area (Å²) in [4.78, 5) is 20.3. The Morgan fingerprint density at radius 2 is 1.95 bits per heavy atom. The molecule has 1 saturated carbocycles. The zero-order chi connectivity index (χ0) is 14.2. The SMILES string of the molecule is CC1(C)CC1NCc1ccc([N+](=O)[O-])cc1[N+](=O)[O-]. The number of nitrogens with zero attached hydrogens (tertiary/aromatic N) is 2. The minimum atomic E-state index is -0.631. The van der Waals surface area contributed by atoms with Gasteiger partial charge in [-0.2, -0.15) is 0 Å². The maximum absolute atomic E-state index is 10.9. The van der Waals surface area contributed by atoms with Gasteiger partial charge in [-0.25, -0.2) is 0 Å². The fourth-order valence-electron chi connectivity index (χ4n) is 2.03. The molecular weight excluding hydrogens is 250 g/mol. The highest BCUT2D eigenvalue weighted by Gasteiger charge is 2.45. The molecule has 0 aliphatic heterocycles. The second-order valence-electron chi connectivity index (χ2n) is 5.45. The third-order valence-corrected chi connectivity index (χ3v) is 3.53. The number of nitro groups is 2. The summed E-state index contributed by atoms with van der Waals surface area (Å²) in [5, 5.41) is 24.8. The predicted octanol–water partition coefficient (Wildman–Crippen LogP) is 2.39. The zero-order valence-electron chi connectivity index (χ0n) is 10.8. The normalized spacial score (nSPS) is 20.0. The van der Waals surface area contributed by atoms with Crippen LogP contribution in [0.2, 0.25) is 0 Å². The van der Waals surface area contributed by atoms with Crippen LogP contribution in [0.3, 0.4) is 0 Å². The molecule has 7 nitrogen and oxygen atoms in total. The molecule has 2 rings (SSSR count). The van der Waals surface area contributed by atoms with Crippen LogP contribution in [0.4, 0.5) is 11.4 Å². The molecule has 1 aliphatic rings. The minimum absolute atomic E-state index is 0.208. The summed E-state index contributed by atoms with van der Waals surface area (Å²) in [7, 11) is 0. The molecule has 0 spiro atoms. The summed E-state index contributed by atoms with van der Waals surface area (Å²) >= 11 is 0. The summed E-state index contributed by atoms with van der Waals surface area (Å²) in [5.74, 6) is 0. The van der Waals surface area contributed by atoms with Gasteiger partial charge < -0.3 is 5.32 Å². The Morgan fingerprint density at radius 1 is 1.32 bits per heavy atom. The molecule has 19 heavy (non-hydrogen) atoms. The Hall–Kier alpha value is -2.02. The lowest BCUT2D eigenvalue weighted by molar-refractivity contribution is -0.394. The van der Waals surface area contributed by atoms with Gasteiger partial charge >= 0.3 is 0 Å². The van der Waals surface area contributed by atoms with Crippen LogP contribution in [0.5, 0.6) is 0 Å². The molecule has 0 heterocycles. The minimum Gasteiger partial charge on any atom is -0.309 e. The van der Waals surface area contributed by atoms with Crippen molar-refractivity contribution in [3.63, 3.8) is 0 Å². The van der Waals surface area contributed by atoms with Gasteiger partial charge in [0.25, 0.3) is 11.4 Å². The second-order valence-corrected chi connectivity index (χ2v) is 5.45. The highest BCUT2D eigenvalue weighted by molar-refractivity contribution is 5.49. The van der Waals surface area contributed by atoms with Crippen molar-refractivity contribution < 1.29 is 9.85 Å². The molecule has 1 aromatic rings. The third-order valence-electron chi connectivity index (χ3n) is 3.53. The van der Waals surface area contributed by atoms with Gasteiger partial charge in [0.2, 0.25) is 0 Å². The van der Waals surface area contributed by atoms with E-state index in [9.17, 15) is 20.2 Å². The van der Waals surface area contributed by atoms with E-state index in [-0.39, 0.29) is 16.8 Å². The summed E-state index contributed by atoms with van der Waals surface area (Å²) < 4.78 is 0. The molecule has 1 atom stereocenters. The fraction of sp³-hybridized carbons (Fsp3) is 0.500. The Kier molecular flexibility index (Phi) is 3.23. The van der Waals surface area contributed by atoms with E-state index in [1.165, 1.54) is 12.1 Å². The van der Waals surface area contributed by atoms with Crippen molar-refractivity contribution in [1.82, 2.24) is 5.32 Å². The largest absolute Gasteiger partial charge is 0.309 e. The maximum Gasteiger partial charge on any atom is 0.280 e. The number of hydrogen-bond donors (Lipinski definition) is 1. The lowest BCUT2D eigenvalue weighted by Gasteiger charge is -2.07. The zero-order valence-corrected chi connectivity index (χ0v) is 10.8. The number of rotatable bonds is 5. The van der Waals surface area contributed by atoms with E-state index < -0.39 is 9.85 Å². The van der Waals surface area contributed by atoms with Crippen LogP contribution in [-0.2, 0) is 6.54 Å². The average Bonchev–Trinajstić information content (AvgIpc) is 2.94. The summed E-state index contributed by atoms with van der Waals surface area (Å²) in [6.45, 7) is 4.59. The molecule has 0 aromatic heterocycles. The average molecular weight is 265 g/mol. The van der Waals surface area contributed by atoms with Crippen molar-refractivity contribution >= 4 is 11.4 Å². The van der Waals surface area contributed by atoms with E-state index in [4.69, 9.17) is 0 Å². The molecular formula is C12H15N3O4. The number of benzene rings is 1. The molecule has 1 fully saturated rings. The van der Waals surface area contributed by atoms with E-state index in [1.807, 2.05) is 0 Å². The van der Waals surface area contributed by atoms with E-state index in [2.05, 4.69) is 19.2 Å². The first kappa shape index (κ1) is 13.4. The molecule has 1 unspecified atom stereocenters. The van der Waals surface area contributed by atoms with Gasteiger partial charge in [-0.05, 0) is 17.9 Å². The molecule has 1 N–H and O–H groups in total. The van der Waals surface area contributed by atoms with E-state index in [0.717, 1.165) is 12.5 Å². The summed E-state index contributed by atoms with van der Waals surface area (Å²) in [6, 6.07) is 4.10. The number of non-ortho nitro benzene ring substituents is 1. The summed E-state index contributed by atoms with van der Waals surface area (Å²) in [5.41, 5.74) is 0.232. The van der Waals surface area contributed by atoms with Gasteiger partial charge in [-0.1, -0.05) is 13.8 Å². The Balaban J connectivity index is 2.15. The van der Waals surface area contributed by atoms with E-state index in [0.29, 0.717) is 18.2 Å². The first-order valence-electron chi connectivity index (χ1n) is 5.96. The van der Waals surface area contributed by atoms with Gasteiger partial charge in [-0.15, -0.1) is 0 Å². The van der Waals surface area contributed by atoms with Gasteiger partial charge in [-0.3, -0.25) is 20.2 Å². The van der Waals surface area contributed by atoms with Crippen molar-refractivity contribution in [3.8, 4) is 0 Å². The molecule has 7 heteroatoms. The summed E-state index contributed by atoms with van der Waals surface area (Å²) in [6.07, 6.45) is 1.04. The van der Waals surface area contributed by atoms with Crippen molar-refractivity contribution in [2.45, 2.75) is 32.9 Å². The highest BCUT2D eigenvalue weighted by Crippen LogP contribution is 2.44.